The molecule has 0 spiro atoms. The summed E-state index contributed by atoms with van der Waals surface area (Å²) in [6.07, 6.45) is 3.52. The van der Waals surface area contributed by atoms with Gasteiger partial charge in [-0.3, -0.25) is 14.9 Å². The molecule has 6 heteroatoms. The Bertz CT molecular complexity index is 735. The molecule has 2 aromatic rings. The SMILES string of the molecule is Cc1nn(Cc2cccc(C(=O)NN3CCCCC3)c2)c(C)c1Cl. The van der Waals surface area contributed by atoms with Crippen LogP contribution < -0.4 is 5.43 Å². The minimum atomic E-state index is -0.0508. The molecule has 0 unspecified atom stereocenters. The number of aromatic nitrogens is 2. The molecule has 0 atom stereocenters. The Labute approximate surface area is 147 Å². The number of aryl methyl sites for hydroxylation is 1. The highest BCUT2D eigenvalue weighted by Gasteiger charge is 2.15. The fraction of sp³-hybridized carbons (Fsp3) is 0.444. The summed E-state index contributed by atoms with van der Waals surface area (Å²) in [4.78, 5) is 12.4. The molecule has 0 radical (unpaired) electrons. The van der Waals surface area contributed by atoms with Gasteiger partial charge < -0.3 is 0 Å². The lowest BCUT2D eigenvalue weighted by atomic mass is 10.1. The molecule has 1 N–H and O–H groups in total. The van der Waals surface area contributed by atoms with Crippen LogP contribution in [0.1, 0.15) is 46.6 Å². The number of carbonyl (C=O) groups excluding carboxylic acids is 1. The Hall–Kier alpha value is -1.85. The van der Waals surface area contributed by atoms with Crippen molar-refractivity contribution < 1.29 is 4.79 Å². The van der Waals surface area contributed by atoms with Crippen LogP contribution in [0.5, 0.6) is 0 Å². The van der Waals surface area contributed by atoms with Crippen molar-refractivity contribution in [1.29, 1.82) is 0 Å². The van der Waals surface area contributed by atoms with E-state index in [-0.39, 0.29) is 5.91 Å². The zero-order valence-corrected chi connectivity index (χ0v) is 14.9. The first kappa shape index (κ1) is 17.0. The van der Waals surface area contributed by atoms with Gasteiger partial charge in [0.05, 0.1) is 23.0 Å². The van der Waals surface area contributed by atoms with Gasteiger partial charge in [-0.25, -0.2) is 5.01 Å². The first-order valence-corrected chi connectivity index (χ1v) is 8.77. The van der Waals surface area contributed by atoms with Gasteiger partial charge in [-0.2, -0.15) is 5.10 Å². The van der Waals surface area contributed by atoms with E-state index in [1.807, 2.05) is 47.8 Å². The lowest BCUT2D eigenvalue weighted by Gasteiger charge is -2.26. The third kappa shape index (κ3) is 3.79. The molecule has 0 saturated carbocycles. The molecule has 2 heterocycles. The minimum Gasteiger partial charge on any atom is -0.285 e. The summed E-state index contributed by atoms with van der Waals surface area (Å²) in [6, 6.07) is 7.68. The van der Waals surface area contributed by atoms with Gasteiger partial charge in [0.2, 0.25) is 0 Å². The summed E-state index contributed by atoms with van der Waals surface area (Å²) >= 11 is 6.20. The van der Waals surface area contributed by atoms with Crippen molar-refractivity contribution in [3.05, 3.63) is 51.8 Å². The summed E-state index contributed by atoms with van der Waals surface area (Å²) < 4.78 is 1.87. The highest BCUT2D eigenvalue weighted by molar-refractivity contribution is 6.31. The van der Waals surface area contributed by atoms with Crippen molar-refractivity contribution in [3.63, 3.8) is 0 Å². The minimum absolute atomic E-state index is 0.0508. The predicted molar refractivity (Wildman–Crippen MR) is 95.1 cm³/mol. The van der Waals surface area contributed by atoms with E-state index in [0.717, 1.165) is 42.9 Å². The highest BCUT2D eigenvalue weighted by atomic mass is 35.5. The molecule has 1 aromatic carbocycles. The molecular weight excluding hydrogens is 324 g/mol. The van der Waals surface area contributed by atoms with E-state index < -0.39 is 0 Å². The summed E-state index contributed by atoms with van der Waals surface area (Å²) in [6.45, 7) is 6.30. The van der Waals surface area contributed by atoms with Crippen LogP contribution >= 0.6 is 11.6 Å². The van der Waals surface area contributed by atoms with Crippen molar-refractivity contribution in [2.75, 3.05) is 13.1 Å². The summed E-state index contributed by atoms with van der Waals surface area (Å²) in [5.41, 5.74) is 6.47. The molecular formula is C18H23ClN4O. The van der Waals surface area contributed by atoms with E-state index >= 15 is 0 Å². The first-order valence-electron chi connectivity index (χ1n) is 8.39. The molecule has 1 aliphatic rings. The van der Waals surface area contributed by atoms with Crippen molar-refractivity contribution >= 4 is 17.5 Å². The Morgan fingerprint density at radius 3 is 2.67 bits per heavy atom. The van der Waals surface area contributed by atoms with E-state index in [1.54, 1.807) is 0 Å². The lowest BCUT2D eigenvalue weighted by molar-refractivity contribution is 0.0750. The van der Waals surface area contributed by atoms with Gasteiger partial charge in [0, 0.05) is 18.7 Å². The molecule has 1 fully saturated rings. The Morgan fingerprint density at radius 2 is 2.00 bits per heavy atom. The average Bonchev–Trinajstić information content (AvgIpc) is 2.83. The van der Waals surface area contributed by atoms with Gasteiger partial charge in [0.25, 0.3) is 5.91 Å². The predicted octanol–water partition coefficient (Wildman–Crippen LogP) is 3.33. The maximum Gasteiger partial charge on any atom is 0.265 e. The second-order valence-electron chi connectivity index (χ2n) is 6.33. The lowest BCUT2D eigenvalue weighted by Crippen LogP contribution is -2.45. The fourth-order valence-corrected chi connectivity index (χ4v) is 3.16. The van der Waals surface area contributed by atoms with Crippen LogP contribution in [0.25, 0.3) is 0 Å². The normalized spacial score (nSPS) is 15.5. The molecule has 0 bridgehead atoms. The van der Waals surface area contributed by atoms with Gasteiger partial charge >= 0.3 is 0 Å². The van der Waals surface area contributed by atoms with E-state index in [1.165, 1.54) is 6.42 Å². The number of benzene rings is 1. The van der Waals surface area contributed by atoms with Crippen LogP contribution in [-0.4, -0.2) is 33.8 Å². The second-order valence-corrected chi connectivity index (χ2v) is 6.71. The standard InChI is InChI=1S/C18H23ClN4O/c1-13-17(19)14(2)23(20-13)12-15-7-6-8-16(11-15)18(24)21-22-9-4-3-5-10-22/h6-8,11H,3-5,9-10,12H2,1-2H3,(H,21,24). The van der Waals surface area contributed by atoms with Crippen molar-refractivity contribution in [2.45, 2.75) is 39.7 Å². The fourth-order valence-electron chi connectivity index (χ4n) is 3.03. The monoisotopic (exact) mass is 346 g/mol. The van der Waals surface area contributed by atoms with Gasteiger partial charge in [-0.15, -0.1) is 0 Å². The van der Waals surface area contributed by atoms with Crippen LogP contribution in [0.3, 0.4) is 0 Å². The number of halogens is 1. The van der Waals surface area contributed by atoms with E-state index in [4.69, 9.17) is 11.6 Å². The molecule has 1 aromatic heterocycles. The van der Waals surface area contributed by atoms with Crippen molar-refractivity contribution in [1.82, 2.24) is 20.2 Å². The number of amides is 1. The number of hydrogen-bond donors (Lipinski definition) is 1. The molecule has 128 valence electrons. The van der Waals surface area contributed by atoms with Gasteiger partial charge in [-0.1, -0.05) is 30.2 Å². The Kier molecular flexibility index (Phi) is 5.21. The number of hydrazine groups is 1. The number of piperidine rings is 1. The van der Waals surface area contributed by atoms with Crippen LogP contribution in [0.15, 0.2) is 24.3 Å². The van der Waals surface area contributed by atoms with E-state index in [2.05, 4.69) is 10.5 Å². The van der Waals surface area contributed by atoms with Crippen molar-refractivity contribution in [3.8, 4) is 0 Å². The van der Waals surface area contributed by atoms with Crippen LogP contribution in [0.2, 0.25) is 5.02 Å². The second kappa shape index (κ2) is 7.36. The number of rotatable bonds is 4. The van der Waals surface area contributed by atoms with Gasteiger partial charge in [0.1, 0.15) is 0 Å². The quantitative estimate of drug-likeness (QED) is 0.923. The molecule has 24 heavy (non-hydrogen) atoms. The molecule has 0 aliphatic carbocycles. The third-order valence-corrected chi connectivity index (χ3v) is 4.98. The number of carbonyl (C=O) groups is 1. The van der Waals surface area contributed by atoms with Gasteiger partial charge in [0.15, 0.2) is 0 Å². The number of nitrogens with zero attached hydrogens (tertiary/aromatic N) is 3. The highest BCUT2D eigenvalue weighted by Crippen LogP contribution is 2.20. The molecule has 3 rings (SSSR count). The van der Waals surface area contributed by atoms with Gasteiger partial charge in [-0.05, 0) is 44.4 Å². The molecule has 1 saturated heterocycles. The number of hydrogen-bond acceptors (Lipinski definition) is 3. The largest absolute Gasteiger partial charge is 0.285 e. The zero-order chi connectivity index (χ0) is 17.1. The molecule has 1 amide bonds. The smallest absolute Gasteiger partial charge is 0.265 e. The molecule has 5 nitrogen and oxygen atoms in total. The maximum absolute atomic E-state index is 12.4. The maximum atomic E-state index is 12.4. The van der Waals surface area contributed by atoms with E-state index in [0.29, 0.717) is 17.1 Å². The van der Waals surface area contributed by atoms with Crippen LogP contribution in [-0.2, 0) is 6.54 Å². The first-order chi connectivity index (χ1) is 11.5. The van der Waals surface area contributed by atoms with Crippen LogP contribution in [0, 0.1) is 13.8 Å². The average molecular weight is 347 g/mol. The summed E-state index contributed by atoms with van der Waals surface area (Å²) in [5, 5.41) is 7.17. The number of nitrogens with one attached hydrogen (secondary N) is 1. The third-order valence-electron chi connectivity index (χ3n) is 4.43. The van der Waals surface area contributed by atoms with Crippen molar-refractivity contribution in [2.24, 2.45) is 0 Å². The topological polar surface area (TPSA) is 50.2 Å². The van der Waals surface area contributed by atoms with E-state index in [9.17, 15) is 4.79 Å². The zero-order valence-electron chi connectivity index (χ0n) is 14.2. The molecule has 1 aliphatic heterocycles. The van der Waals surface area contributed by atoms with Crippen LogP contribution in [0.4, 0.5) is 0 Å². The Morgan fingerprint density at radius 1 is 1.25 bits per heavy atom. The Balaban J connectivity index is 1.71. The summed E-state index contributed by atoms with van der Waals surface area (Å²) in [7, 11) is 0. The summed E-state index contributed by atoms with van der Waals surface area (Å²) in [5.74, 6) is -0.0508.